The molecule has 0 saturated carbocycles. The number of ether oxygens (including phenoxy) is 1. The van der Waals surface area contributed by atoms with Crippen LogP contribution in [-0.2, 0) is 0 Å². The Morgan fingerprint density at radius 2 is 1.39 bits per heavy atom. The molecule has 4 aromatic rings. The van der Waals surface area contributed by atoms with Crippen molar-refractivity contribution in [3.8, 4) is 5.75 Å². The fourth-order valence-corrected chi connectivity index (χ4v) is 3.38. The Labute approximate surface area is 182 Å². The van der Waals surface area contributed by atoms with Crippen LogP contribution < -0.4 is 21.1 Å². The molecule has 6 heteroatoms. The van der Waals surface area contributed by atoms with Gasteiger partial charge in [-0.05, 0) is 30.2 Å². The molecule has 1 aromatic heterocycles. The second-order valence-electron chi connectivity index (χ2n) is 6.94. The number of benzene rings is 3. The molecule has 0 saturated heterocycles. The van der Waals surface area contributed by atoms with Gasteiger partial charge in [0.1, 0.15) is 17.8 Å². The lowest BCUT2D eigenvalue weighted by molar-refractivity contribution is 0.342. The summed E-state index contributed by atoms with van der Waals surface area (Å²) >= 11 is 0. The monoisotopic (exact) mass is 411 g/mol. The first-order chi connectivity index (χ1) is 15.3. The number of nitrogens with zero attached hydrogens (tertiary/aromatic N) is 2. The summed E-state index contributed by atoms with van der Waals surface area (Å²) in [5.41, 5.74) is 9.93. The third-order valence-electron chi connectivity index (χ3n) is 4.87. The van der Waals surface area contributed by atoms with E-state index in [-0.39, 0.29) is 6.04 Å². The van der Waals surface area contributed by atoms with Crippen molar-refractivity contribution in [3.05, 3.63) is 102 Å². The minimum Gasteiger partial charge on any atom is -0.492 e. The molecule has 0 atom stereocenters. The van der Waals surface area contributed by atoms with Gasteiger partial charge in [0.25, 0.3) is 0 Å². The van der Waals surface area contributed by atoms with E-state index in [1.54, 1.807) is 0 Å². The molecule has 6 nitrogen and oxygen atoms in total. The molecule has 3 aromatic carbocycles. The van der Waals surface area contributed by atoms with Crippen LogP contribution in [0.3, 0.4) is 0 Å². The van der Waals surface area contributed by atoms with Crippen molar-refractivity contribution in [1.29, 1.82) is 0 Å². The molecule has 0 fully saturated rings. The van der Waals surface area contributed by atoms with E-state index in [4.69, 9.17) is 10.5 Å². The Morgan fingerprint density at radius 1 is 0.806 bits per heavy atom. The van der Waals surface area contributed by atoms with E-state index in [1.807, 2.05) is 67.6 Å². The quantitative estimate of drug-likeness (QED) is 0.360. The first kappa shape index (κ1) is 20.2. The van der Waals surface area contributed by atoms with Crippen LogP contribution in [0.5, 0.6) is 5.75 Å². The van der Waals surface area contributed by atoms with Crippen molar-refractivity contribution in [1.82, 2.24) is 9.97 Å². The number of hydrogen-bond acceptors (Lipinski definition) is 6. The van der Waals surface area contributed by atoms with Gasteiger partial charge >= 0.3 is 0 Å². The number of para-hydroxylation sites is 2. The molecule has 4 N–H and O–H groups in total. The number of aromatic nitrogens is 2. The summed E-state index contributed by atoms with van der Waals surface area (Å²) in [4.78, 5) is 8.76. The number of nitrogens with two attached hydrogens (primary N) is 1. The van der Waals surface area contributed by atoms with Gasteiger partial charge in [0.15, 0.2) is 11.6 Å². The molecule has 156 valence electrons. The fraction of sp³-hybridized carbons (Fsp3) is 0.120. The van der Waals surface area contributed by atoms with E-state index in [1.165, 1.54) is 6.33 Å². The minimum atomic E-state index is -0.108. The van der Waals surface area contributed by atoms with Crippen LogP contribution in [0.25, 0.3) is 0 Å². The molecule has 0 aliphatic heterocycles. The average molecular weight is 412 g/mol. The van der Waals surface area contributed by atoms with Crippen molar-refractivity contribution in [2.75, 3.05) is 23.0 Å². The van der Waals surface area contributed by atoms with Gasteiger partial charge in [-0.2, -0.15) is 0 Å². The Morgan fingerprint density at radius 3 is 2.03 bits per heavy atom. The highest BCUT2D eigenvalue weighted by atomic mass is 16.5. The number of hydrogen-bond donors (Lipinski definition) is 3. The third-order valence-corrected chi connectivity index (χ3v) is 4.87. The molecule has 0 aliphatic carbocycles. The lowest BCUT2D eigenvalue weighted by atomic mass is 9.99. The predicted octanol–water partition coefficient (Wildman–Crippen LogP) is 5.40. The highest BCUT2D eigenvalue weighted by Gasteiger charge is 2.18. The largest absolute Gasteiger partial charge is 0.492 e. The number of rotatable bonds is 8. The van der Waals surface area contributed by atoms with Gasteiger partial charge in [-0.25, -0.2) is 9.97 Å². The van der Waals surface area contributed by atoms with Crippen LogP contribution in [-0.4, -0.2) is 16.6 Å². The summed E-state index contributed by atoms with van der Waals surface area (Å²) in [5.74, 6) is 1.82. The molecular weight excluding hydrogens is 386 g/mol. The van der Waals surface area contributed by atoms with Crippen LogP contribution in [0.4, 0.5) is 23.0 Å². The highest BCUT2D eigenvalue weighted by molar-refractivity contribution is 5.79. The van der Waals surface area contributed by atoms with Crippen molar-refractivity contribution < 1.29 is 4.74 Å². The highest BCUT2D eigenvalue weighted by Crippen LogP contribution is 2.33. The molecular formula is C25H25N5O. The Balaban J connectivity index is 1.66. The van der Waals surface area contributed by atoms with Gasteiger partial charge in [-0.1, -0.05) is 72.8 Å². The van der Waals surface area contributed by atoms with Gasteiger partial charge in [0.2, 0.25) is 0 Å². The van der Waals surface area contributed by atoms with E-state index < -0.39 is 0 Å². The average Bonchev–Trinajstić information content (AvgIpc) is 2.82. The molecule has 0 aliphatic rings. The first-order valence-electron chi connectivity index (χ1n) is 10.2. The zero-order valence-electron chi connectivity index (χ0n) is 17.3. The summed E-state index contributed by atoms with van der Waals surface area (Å²) in [6.07, 6.45) is 1.50. The number of nitrogens with one attached hydrogen (secondary N) is 2. The lowest BCUT2D eigenvalue weighted by Crippen LogP contribution is -2.15. The van der Waals surface area contributed by atoms with E-state index in [2.05, 4.69) is 44.9 Å². The van der Waals surface area contributed by atoms with Crippen LogP contribution in [0, 0.1) is 0 Å². The SMILES string of the molecule is CCOc1ccccc1Nc1ncnc(NC(c2ccccc2)c2ccccc2)c1N. The Hall–Kier alpha value is -4.06. The standard InChI is InChI=1S/C25H25N5O/c1-2-31-21-16-10-9-15-20(21)29-24-22(26)25(28-17-27-24)30-23(18-11-5-3-6-12-18)19-13-7-4-8-14-19/h3-17,23H,2,26H2,1H3,(H2,27,28,29,30). The van der Waals surface area contributed by atoms with Crippen molar-refractivity contribution in [3.63, 3.8) is 0 Å². The van der Waals surface area contributed by atoms with Gasteiger partial charge in [-0.3, -0.25) is 0 Å². The van der Waals surface area contributed by atoms with E-state index in [9.17, 15) is 0 Å². The van der Waals surface area contributed by atoms with E-state index in [0.29, 0.717) is 23.9 Å². The lowest BCUT2D eigenvalue weighted by Gasteiger charge is -2.22. The molecule has 31 heavy (non-hydrogen) atoms. The van der Waals surface area contributed by atoms with Crippen LogP contribution in [0.1, 0.15) is 24.1 Å². The molecule has 0 spiro atoms. The normalized spacial score (nSPS) is 10.6. The van der Waals surface area contributed by atoms with Crippen molar-refractivity contribution >= 4 is 23.0 Å². The second-order valence-corrected chi connectivity index (χ2v) is 6.94. The van der Waals surface area contributed by atoms with Gasteiger partial charge in [0.05, 0.1) is 18.3 Å². The Bertz CT molecular complexity index is 1080. The van der Waals surface area contributed by atoms with Gasteiger partial charge < -0.3 is 21.1 Å². The minimum absolute atomic E-state index is 0.108. The first-order valence-corrected chi connectivity index (χ1v) is 10.2. The van der Waals surface area contributed by atoms with Crippen molar-refractivity contribution in [2.24, 2.45) is 0 Å². The summed E-state index contributed by atoms with van der Waals surface area (Å²) < 4.78 is 5.70. The van der Waals surface area contributed by atoms with Crippen LogP contribution in [0.2, 0.25) is 0 Å². The zero-order valence-corrected chi connectivity index (χ0v) is 17.3. The molecule has 4 rings (SSSR count). The maximum Gasteiger partial charge on any atom is 0.159 e. The zero-order chi connectivity index (χ0) is 21.5. The smallest absolute Gasteiger partial charge is 0.159 e. The summed E-state index contributed by atoms with van der Waals surface area (Å²) in [5, 5.41) is 6.78. The van der Waals surface area contributed by atoms with E-state index in [0.717, 1.165) is 22.6 Å². The molecule has 0 amide bonds. The summed E-state index contributed by atoms with van der Waals surface area (Å²) in [6, 6.07) is 28.0. The van der Waals surface area contributed by atoms with Crippen molar-refractivity contribution in [2.45, 2.75) is 13.0 Å². The summed E-state index contributed by atoms with van der Waals surface area (Å²) in [6.45, 7) is 2.52. The molecule has 0 bridgehead atoms. The topological polar surface area (TPSA) is 85.1 Å². The number of anilines is 4. The Kier molecular flexibility index (Phi) is 6.28. The molecule has 1 heterocycles. The number of nitrogen functional groups attached to an aromatic ring is 1. The van der Waals surface area contributed by atoms with Gasteiger partial charge in [-0.15, -0.1) is 0 Å². The summed E-state index contributed by atoms with van der Waals surface area (Å²) in [7, 11) is 0. The third kappa shape index (κ3) is 4.75. The van der Waals surface area contributed by atoms with Crippen LogP contribution >= 0.6 is 0 Å². The second kappa shape index (κ2) is 9.63. The predicted molar refractivity (Wildman–Crippen MR) is 126 cm³/mol. The fourth-order valence-electron chi connectivity index (χ4n) is 3.38. The van der Waals surface area contributed by atoms with E-state index >= 15 is 0 Å². The molecule has 0 radical (unpaired) electrons. The van der Waals surface area contributed by atoms with Crippen LogP contribution in [0.15, 0.2) is 91.3 Å². The van der Waals surface area contributed by atoms with Gasteiger partial charge in [0, 0.05) is 0 Å². The maximum atomic E-state index is 6.47. The maximum absolute atomic E-state index is 6.47. The molecule has 0 unspecified atom stereocenters.